The van der Waals surface area contributed by atoms with Gasteiger partial charge in [-0.3, -0.25) is 9.58 Å². The van der Waals surface area contributed by atoms with Crippen LogP contribution >= 0.6 is 0 Å². The molecule has 5 nitrogen and oxygen atoms in total. The summed E-state index contributed by atoms with van der Waals surface area (Å²) in [6.07, 6.45) is 2.04. The van der Waals surface area contributed by atoms with Crippen LogP contribution in [-0.4, -0.2) is 52.6 Å². The Morgan fingerprint density at radius 2 is 1.63 bits per heavy atom. The van der Waals surface area contributed by atoms with Crippen molar-refractivity contribution in [2.75, 3.05) is 37.6 Å². The van der Waals surface area contributed by atoms with Crippen LogP contribution in [0, 0.1) is 13.8 Å². The molecule has 27 heavy (non-hydrogen) atoms. The maximum absolute atomic E-state index is 4.31. The molecule has 5 heteroatoms. The molecule has 0 aliphatic carbocycles. The molecule has 140 valence electrons. The van der Waals surface area contributed by atoms with Gasteiger partial charge in [-0.2, -0.15) is 0 Å². The van der Waals surface area contributed by atoms with Gasteiger partial charge in [-0.25, -0.2) is 0 Å². The Morgan fingerprint density at radius 3 is 2.41 bits per heavy atom. The molecule has 1 aromatic heterocycles. The van der Waals surface area contributed by atoms with Crippen LogP contribution < -0.4 is 4.90 Å². The van der Waals surface area contributed by atoms with Gasteiger partial charge in [0, 0.05) is 44.0 Å². The SMILES string of the molecule is Cc1cccc(N2CCN(CCn3cc(-c4ccccc4)nn3)CC2)c1C. The van der Waals surface area contributed by atoms with Crippen molar-refractivity contribution < 1.29 is 0 Å². The highest BCUT2D eigenvalue weighted by Gasteiger charge is 2.18. The van der Waals surface area contributed by atoms with Crippen LogP contribution in [0.1, 0.15) is 11.1 Å². The summed E-state index contributed by atoms with van der Waals surface area (Å²) in [5.41, 5.74) is 6.22. The molecule has 1 saturated heterocycles. The van der Waals surface area contributed by atoms with Crippen molar-refractivity contribution >= 4 is 5.69 Å². The molecule has 2 heterocycles. The highest BCUT2D eigenvalue weighted by molar-refractivity contribution is 5.57. The normalized spacial score (nSPS) is 15.3. The summed E-state index contributed by atoms with van der Waals surface area (Å²) < 4.78 is 1.96. The van der Waals surface area contributed by atoms with E-state index in [4.69, 9.17) is 0 Å². The number of aromatic nitrogens is 3. The summed E-state index contributed by atoms with van der Waals surface area (Å²) in [6, 6.07) is 16.8. The Balaban J connectivity index is 1.30. The van der Waals surface area contributed by atoms with Crippen molar-refractivity contribution in [2.45, 2.75) is 20.4 Å². The summed E-state index contributed by atoms with van der Waals surface area (Å²) >= 11 is 0. The number of benzene rings is 2. The Kier molecular flexibility index (Phi) is 5.21. The van der Waals surface area contributed by atoms with Gasteiger partial charge in [0.1, 0.15) is 5.69 Å². The monoisotopic (exact) mass is 361 g/mol. The third-order valence-electron chi connectivity index (χ3n) is 5.54. The van der Waals surface area contributed by atoms with Gasteiger partial charge >= 0.3 is 0 Å². The second-order valence-electron chi connectivity index (χ2n) is 7.28. The first-order valence-corrected chi connectivity index (χ1v) is 9.70. The molecule has 0 amide bonds. The number of nitrogens with zero attached hydrogens (tertiary/aromatic N) is 5. The molecule has 1 fully saturated rings. The third-order valence-corrected chi connectivity index (χ3v) is 5.54. The minimum absolute atomic E-state index is 0.878. The minimum Gasteiger partial charge on any atom is -0.369 e. The number of rotatable bonds is 5. The third kappa shape index (κ3) is 4.03. The Labute approximate surface area is 161 Å². The Hall–Kier alpha value is -2.66. The van der Waals surface area contributed by atoms with E-state index in [2.05, 4.69) is 64.3 Å². The molecule has 0 spiro atoms. The number of aryl methyl sites for hydroxylation is 1. The lowest BCUT2D eigenvalue weighted by molar-refractivity contribution is 0.243. The number of piperazine rings is 1. The quantitative estimate of drug-likeness (QED) is 0.698. The van der Waals surface area contributed by atoms with E-state index < -0.39 is 0 Å². The molecule has 0 bridgehead atoms. The predicted octanol–water partition coefficient (Wildman–Crippen LogP) is 3.38. The second kappa shape index (κ2) is 7.92. The van der Waals surface area contributed by atoms with Crippen LogP contribution in [0.4, 0.5) is 5.69 Å². The highest BCUT2D eigenvalue weighted by Crippen LogP contribution is 2.23. The summed E-state index contributed by atoms with van der Waals surface area (Å²) in [6.45, 7) is 10.7. The zero-order valence-electron chi connectivity index (χ0n) is 16.2. The molecule has 0 radical (unpaired) electrons. The lowest BCUT2D eigenvalue weighted by atomic mass is 10.1. The van der Waals surface area contributed by atoms with Crippen LogP contribution in [0.3, 0.4) is 0 Å². The van der Waals surface area contributed by atoms with Crippen molar-refractivity contribution in [3.63, 3.8) is 0 Å². The van der Waals surface area contributed by atoms with Crippen molar-refractivity contribution in [3.8, 4) is 11.3 Å². The topological polar surface area (TPSA) is 37.2 Å². The summed E-state index contributed by atoms with van der Waals surface area (Å²) in [5, 5.41) is 8.60. The Morgan fingerprint density at radius 1 is 0.852 bits per heavy atom. The van der Waals surface area contributed by atoms with E-state index in [1.54, 1.807) is 0 Å². The summed E-state index contributed by atoms with van der Waals surface area (Å²) in [5.74, 6) is 0. The van der Waals surface area contributed by atoms with E-state index >= 15 is 0 Å². The van der Waals surface area contributed by atoms with Gasteiger partial charge in [-0.15, -0.1) is 5.10 Å². The lowest BCUT2D eigenvalue weighted by Crippen LogP contribution is -2.47. The summed E-state index contributed by atoms with van der Waals surface area (Å²) in [7, 11) is 0. The smallest absolute Gasteiger partial charge is 0.113 e. The van der Waals surface area contributed by atoms with Crippen LogP contribution in [0.5, 0.6) is 0 Å². The van der Waals surface area contributed by atoms with Gasteiger partial charge in [0.25, 0.3) is 0 Å². The van der Waals surface area contributed by atoms with Gasteiger partial charge in [0.15, 0.2) is 0 Å². The number of hydrogen-bond acceptors (Lipinski definition) is 4. The maximum Gasteiger partial charge on any atom is 0.113 e. The molecular formula is C22H27N5. The highest BCUT2D eigenvalue weighted by atomic mass is 15.4. The first kappa shape index (κ1) is 17.7. The molecule has 0 saturated carbocycles. The zero-order valence-corrected chi connectivity index (χ0v) is 16.2. The molecule has 2 aromatic carbocycles. The van der Waals surface area contributed by atoms with Gasteiger partial charge in [-0.05, 0) is 31.0 Å². The maximum atomic E-state index is 4.31. The van der Waals surface area contributed by atoms with E-state index in [0.29, 0.717) is 0 Å². The average molecular weight is 361 g/mol. The average Bonchev–Trinajstić information content (AvgIpc) is 3.19. The first-order chi connectivity index (χ1) is 13.2. The van der Waals surface area contributed by atoms with Gasteiger partial charge in [0.2, 0.25) is 0 Å². The van der Waals surface area contributed by atoms with Gasteiger partial charge < -0.3 is 4.90 Å². The fourth-order valence-electron chi connectivity index (χ4n) is 3.68. The fraction of sp³-hybridized carbons (Fsp3) is 0.364. The van der Waals surface area contributed by atoms with E-state index in [1.807, 2.05) is 29.1 Å². The molecule has 0 atom stereocenters. The second-order valence-corrected chi connectivity index (χ2v) is 7.28. The fourth-order valence-corrected chi connectivity index (χ4v) is 3.68. The lowest BCUT2D eigenvalue weighted by Gasteiger charge is -2.37. The van der Waals surface area contributed by atoms with E-state index in [9.17, 15) is 0 Å². The molecule has 1 aliphatic heterocycles. The van der Waals surface area contributed by atoms with Crippen LogP contribution in [0.25, 0.3) is 11.3 Å². The molecule has 0 unspecified atom stereocenters. The Bertz CT molecular complexity index is 879. The van der Waals surface area contributed by atoms with Crippen LogP contribution in [0.15, 0.2) is 54.7 Å². The first-order valence-electron chi connectivity index (χ1n) is 9.70. The van der Waals surface area contributed by atoms with Crippen molar-refractivity contribution in [2.24, 2.45) is 0 Å². The number of hydrogen-bond donors (Lipinski definition) is 0. The van der Waals surface area contributed by atoms with E-state index in [0.717, 1.165) is 50.5 Å². The predicted molar refractivity (Wildman–Crippen MR) is 110 cm³/mol. The molecular weight excluding hydrogens is 334 g/mol. The molecule has 3 aromatic rings. The number of anilines is 1. The molecule has 4 rings (SSSR count). The molecule has 1 aliphatic rings. The van der Waals surface area contributed by atoms with Crippen molar-refractivity contribution in [1.82, 2.24) is 19.9 Å². The van der Waals surface area contributed by atoms with Gasteiger partial charge in [-0.1, -0.05) is 47.7 Å². The van der Waals surface area contributed by atoms with Crippen molar-refractivity contribution in [3.05, 3.63) is 65.9 Å². The molecule has 0 N–H and O–H groups in total. The minimum atomic E-state index is 0.878. The van der Waals surface area contributed by atoms with Crippen LogP contribution in [-0.2, 0) is 6.54 Å². The van der Waals surface area contributed by atoms with E-state index in [-0.39, 0.29) is 0 Å². The largest absolute Gasteiger partial charge is 0.369 e. The summed E-state index contributed by atoms with van der Waals surface area (Å²) in [4.78, 5) is 5.04. The zero-order chi connectivity index (χ0) is 18.6. The van der Waals surface area contributed by atoms with Gasteiger partial charge in [0.05, 0.1) is 12.7 Å². The van der Waals surface area contributed by atoms with E-state index in [1.165, 1.54) is 16.8 Å². The van der Waals surface area contributed by atoms with Crippen molar-refractivity contribution in [1.29, 1.82) is 0 Å². The van der Waals surface area contributed by atoms with Crippen LogP contribution in [0.2, 0.25) is 0 Å². The standard InChI is InChI=1S/C22H27N5/c1-18-7-6-10-22(19(18)2)26-14-11-25(12-15-26)13-16-27-17-21(23-24-27)20-8-4-3-5-9-20/h3-10,17H,11-16H2,1-2H3.